The molecular weight excluding hydrogens is 368 g/mol. The number of ether oxygens (including phenoxy) is 4. The maximum atomic E-state index is 11.8. The molecule has 0 saturated carbocycles. The van der Waals surface area contributed by atoms with E-state index in [-0.39, 0.29) is 0 Å². The van der Waals surface area contributed by atoms with Crippen LogP contribution in [0.25, 0.3) is 6.08 Å². The van der Waals surface area contributed by atoms with Gasteiger partial charge in [-0.2, -0.15) is 0 Å². The van der Waals surface area contributed by atoms with Gasteiger partial charge in [0.25, 0.3) is 5.91 Å². The lowest BCUT2D eigenvalue weighted by atomic mass is 10.1. The highest BCUT2D eigenvalue weighted by molar-refractivity contribution is 5.96. The van der Waals surface area contributed by atoms with Gasteiger partial charge >= 0.3 is 12.0 Å². The number of benzene rings is 1. The first-order valence-electron chi connectivity index (χ1n) is 8.93. The molecule has 0 spiro atoms. The SMILES string of the molecule is CCCCNC(=O)NC(=O)COC(=O)/C=C/c1cc(OC)c2c(c1)OCCO2. The van der Waals surface area contributed by atoms with E-state index < -0.39 is 24.5 Å². The molecule has 0 aliphatic carbocycles. The van der Waals surface area contributed by atoms with Gasteiger partial charge in [-0.05, 0) is 30.2 Å². The monoisotopic (exact) mass is 392 g/mol. The number of fused-ring (bicyclic) bond motifs is 1. The minimum Gasteiger partial charge on any atom is -0.493 e. The number of hydrogen-bond acceptors (Lipinski definition) is 7. The molecule has 1 aromatic rings. The van der Waals surface area contributed by atoms with E-state index in [0.717, 1.165) is 12.8 Å². The van der Waals surface area contributed by atoms with Gasteiger partial charge in [0.2, 0.25) is 5.75 Å². The molecule has 152 valence electrons. The van der Waals surface area contributed by atoms with E-state index >= 15 is 0 Å². The number of carbonyl (C=O) groups excluding carboxylic acids is 3. The number of nitrogens with one attached hydrogen (secondary N) is 2. The summed E-state index contributed by atoms with van der Waals surface area (Å²) < 4.78 is 21.1. The van der Waals surface area contributed by atoms with Crippen LogP contribution < -0.4 is 24.8 Å². The second-order valence-corrected chi connectivity index (χ2v) is 5.85. The van der Waals surface area contributed by atoms with Crippen molar-refractivity contribution in [1.29, 1.82) is 0 Å². The van der Waals surface area contributed by atoms with Gasteiger partial charge in [0.05, 0.1) is 7.11 Å². The molecule has 0 unspecified atom stereocenters. The van der Waals surface area contributed by atoms with E-state index in [1.54, 1.807) is 12.1 Å². The maximum Gasteiger partial charge on any atom is 0.331 e. The molecule has 0 bridgehead atoms. The molecule has 0 radical (unpaired) electrons. The highest BCUT2D eigenvalue weighted by Gasteiger charge is 2.18. The summed E-state index contributed by atoms with van der Waals surface area (Å²) >= 11 is 0. The van der Waals surface area contributed by atoms with Crippen LogP contribution in [0.15, 0.2) is 18.2 Å². The fourth-order valence-electron chi connectivity index (χ4n) is 2.32. The minimum atomic E-state index is -0.726. The van der Waals surface area contributed by atoms with E-state index in [0.29, 0.717) is 42.6 Å². The predicted octanol–water partition coefficient (Wildman–Crippen LogP) is 1.65. The Morgan fingerprint density at radius 3 is 2.75 bits per heavy atom. The molecule has 9 heteroatoms. The Hall–Kier alpha value is -3.23. The zero-order valence-electron chi connectivity index (χ0n) is 15.9. The first-order valence-corrected chi connectivity index (χ1v) is 8.93. The summed E-state index contributed by atoms with van der Waals surface area (Å²) in [6.45, 7) is 2.75. The van der Waals surface area contributed by atoms with Crippen LogP contribution in [0.5, 0.6) is 17.2 Å². The first-order chi connectivity index (χ1) is 13.5. The minimum absolute atomic E-state index is 0.423. The van der Waals surface area contributed by atoms with E-state index in [1.807, 2.05) is 6.92 Å². The van der Waals surface area contributed by atoms with Gasteiger partial charge < -0.3 is 24.3 Å². The molecule has 0 atom stereocenters. The van der Waals surface area contributed by atoms with Gasteiger partial charge in [-0.1, -0.05) is 13.3 Å². The highest BCUT2D eigenvalue weighted by Crippen LogP contribution is 2.40. The Bertz CT molecular complexity index is 729. The smallest absolute Gasteiger partial charge is 0.331 e. The Kier molecular flexibility index (Phi) is 8.13. The van der Waals surface area contributed by atoms with Crippen molar-refractivity contribution in [3.63, 3.8) is 0 Å². The van der Waals surface area contributed by atoms with Gasteiger partial charge in [0.15, 0.2) is 18.1 Å². The largest absolute Gasteiger partial charge is 0.493 e. The van der Waals surface area contributed by atoms with Gasteiger partial charge in [-0.3, -0.25) is 10.1 Å². The second kappa shape index (κ2) is 10.8. The highest BCUT2D eigenvalue weighted by atomic mass is 16.6. The number of methoxy groups -OCH3 is 1. The maximum absolute atomic E-state index is 11.8. The van der Waals surface area contributed by atoms with Crippen LogP contribution in [-0.4, -0.2) is 51.4 Å². The molecule has 0 aromatic heterocycles. The lowest BCUT2D eigenvalue weighted by Crippen LogP contribution is -2.41. The van der Waals surface area contributed by atoms with Gasteiger partial charge in [0.1, 0.15) is 13.2 Å². The topological polar surface area (TPSA) is 112 Å². The number of amides is 3. The molecule has 1 heterocycles. The van der Waals surface area contributed by atoms with Crippen LogP contribution >= 0.6 is 0 Å². The van der Waals surface area contributed by atoms with Crippen molar-refractivity contribution in [3.8, 4) is 17.2 Å². The van der Waals surface area contributed by atoms with E-state index in [1.165, 1.54) is 19.3 Å². The molecule has 0 fully saturated rings. The normalized spacial score (nSPS) is 12.4. The molecule has 1 aromatic carbocycles. The summed E-state index contributed by atoms with van der Waals surface area (Å²) in [7, 11) is 1.51. The average Bonchev–Trinajstić information content (AvgIpc) is 2.70. The predicted molar refractivity (Wildman–Crippen MR) is 100 cm³/mol. The molecule has 2 rings (SSSR count). The van der Waals surface area contributed by atoms with E-state index in [2.05, 4.69) is 10.6 Å². The standard InChI is InChI=1S/C19H24N2O7/c1-3-4-7-20-19(24)21-16(22)12-28-17(23)6-5-13-10-14(25-2)18-15(11-13)26-8-9-27-18/h5-6,10-11H,3-4,7-9,12H2,1-2H3,(H2,20,21,22,24)/b6-5+. The fraction of sp³-hybridized carbons (Fsp3) is 0.421. The second-order valence-electron chi connectivity index (χ2n) is 5.85. The van der Waals surface area contributed by atoms with Crippen LogP contribution in [0, 0.1) is 0 Å². The van der Waals surface area contributed by atoms with Crippen LogP contribution in [0.3, 0.4) is 0 Å². The third kappa shape index (κ3) is 6.49. The van der Waals surface area contributed by atoms with Gasteiger partial charge in [-0.25, -0.2) is 9.59 Å². The zero-order valence-corrected chi connectivity index (χ0v) is 15.9. The third-order valence-corrected chi connectivity index (χ3v) is 3.68. The molecule has 0 saturated heterocycles. The van der Waals surface area contributed by atoms with Crippen LogP contribution in [0.4, 0.5) is 4.79 Å². The van der Waals surface area contributed by atoms with Crippen molar-refractivity contribution in [2.45, 2.75) is 19.8 Å². The quantitative estimate of drug-likeness (QED) is 0.393. The number of carbonyl (C=O) groups is 3. The lowest BCUT2D eigenvalue weighted by molar-refractivity contribution is -0.143. The molecule has 1 aliphatic heterocycles. The van der Waals surface area contributed by atoms with Crippen LogP contribution in [-0.2, 0) is 14.3 Å². The number of urea groups is 1. The number of hydrogen-bond donors (Lipinski definition) is 2. The number of unbranched alkanes of at least 4 members (excludes halogenated alkanes) is 1. The molecular formula is C19H24N2O7. The summed E-state index contributed by atoms with van der Waals surface area (Å²) in [5.74, 6) is 0.0836. The zero-order chi connectivity index (χ0) is 20.4. The summed E-state index contributed by atoms with van der Waals surface area (Å²) in [5.41, 5.74) is 0.637. The first kappa shape index (κ1) is 21.1. The number of imide groups is 1. The molecule has 9 nitrogen and oxygen atoms in total. The lowest BCUT2D eigenvalue weighted by Gasteiger charge is -2.20. The van der Waals surface area contributed by atoms with Crippen molar-refractivity contribution in [1.82, 2.24) is 10.6 Å². The Labute approximate surface area is 163 Å². The van der Waals surface area contributed by atoms with Crippen molar-refractivity contribution in [2.75, 3.05) is 33.5 Å². The van der Waals surface area contributed by atoms with Gasteiger partial charge in [0, 0.05) is 12.6 Å². The Morgan fingerprint density at radius 1 is 1.21 bits per heavy atom. The fourth-order valence-corrected chi connectivity index (χ4v) is 2.32. The summed E-state index contributed by atoms with van der Waals surface area (Å²) in [5, 5.41) is 4.61. The number of rotatable bonds is 8. The Morgan fingerprint density at radius 2 is 2.00 bits per heavy atom. The third-order valence-electron chi connectivity index (χ3n) is 3.68. The average molecular weight is 392 g/mol. The van der Waals surface area contributed by atoms with Gasteiger partial charge in [-0.15, -0.1) is 0 Å². The van der Waals surface area contributed by atoms with Crippen molar-refractivity contribution in [2.24, 2.45) is 0 Å². The molecule has 2 N–H and O–H groups in total. The molecule has 28 heavy (non-hydrogen) atoms. The summed E-state index contributed by atoms with van der Waals surface area (Å²) in [6, 6.07) is 2.77. The van der Waals surface area contributed by atoms with Crippen molar-refractivity contribution in [3.05, 3.63) is 23.8 Å². The molecule has 1 aliphatic rings. The molecule has 3 amide bonds. The van der Waals surface area contributed by atoms with Crippen molar-refractivity contribution < 1.29 is 33.3 Å². The van der Waals surface area contributed by atoms with E-state index in [4.69, 9.17) is 18.9 Å². The Balaban J connectivity index is 1.83. The summed E-state index contributed by atoms with van der Waals surface area (Å²) in [6.07, 6.45) is 4.40. The van der Waals surface area contributed by atoms with Crippen LogP contribution in [0.1, 0.15) is 25.3 Å². The number of esters is 1. The van der Waals surface area contributed by atoms with E-state index in [9.17, 15) is 14.4 Å². The van der Waals surface area contributed by atoms with Crippen molar-refractivity contribution >= 4 is 24.0 Å². The summed E-state index contributed by atoms with van der Waals surface area (Å²) in [4.78, 5) is 34.8. The van der Waals surface area contributed by atoms with Crippen LogP contribution in [0.2, 0.25) is 0 Å².